The second-order valence-electron chi connectivity index (χ2n) is 10.6. The number of amidine groups is 1. The largest absolute Gasteiger partial charge is 0.469 e. The Labute approximate surface area is 262 Å². The van der Waals surface area contributed by atoms with Gasteiger partial charge in [0.2, 0.25) is 0 Å². The predicted octanol–water partition coefficient (Wildman–Crippen LogP) is 4.43. The van der Waals surface area contributed by atoms with Gasteiger partial charge in [0.25, 0.3) is 5.91 Å². The highest BCUT2D eigenvalue weighted by molar-refractivity contribution is 6.07. The molecule has 1 amide bonds. The van der Waals surface area contributed by atoms with Gasteiger partial charge in [-0.15, -0.1) is 0 Å². The van der Waals surface area contributed by atoms with Gasteiger partial charge < -0.3 is 25.1 Å². The third-order valence-electron chi connectivity index (χ3n) is 7.41. The van der Waals surface area contributed by atoms with E-state index in [1.165, 1.54) is 12.0 Å². The van der Waals surface area contributed by atoms with Gasteiger partial charge in [-0.2, -0.15) is 0 Å². The van der Waals surface area contributed by atoms with Crippen molar-refractivity contribution in [2.75, 3.05) is 23.9 Å². The molecule has 2 unspecified atom stereocenters. The number of nitrogens with zero attached hydrogens (tertiary/aromatic N) is 5. The third-order valence-corrected chi connectivity index (χ3v) is 7.41. The van der Waals surface area contributed by atoms with Crippen molar-refractivity contribution in [3.8, 4) is 0 Å². The van der Waals surface area contributed by atoms with Crippen molar-refractivity contribution in [2.24, 2.45) is 23.7 Å². The first-order valence-corrected chi connectivity index (χ1v) is 14.7. The van der Waals surface area contributed by atoms with Gasteiger partial charge in [-0.1, -0.05) is 19.9 Å². The van der Waals surface area contributed by atoms with Gasteiger partial charge in [0.05, 0.1) is 37.0 Å². The van der Waals surface area contributed by atoms with Gasteiger partial charge >= 0.3 is 11.9 Å². The maximum atomic E-state index is 13.6. The average molecular weight is 614 g/mol. The van der Waals surface area contributed by atoms with Crippen LogP contribution in [0.4, 0.5) is 11.5 Å². The molecule has 0 saturated heterocycles. The first-order valence-electron chi connectivity index (χ1n) is 14.7. The molecule has 2 heterocycles. The van der Waals surface area contributed by atoms with Crippen LogP contribution in [-0.4, -0.2) is 58.1 Å². The molecule has 12 nitrogen and oxygen atoms in total. The highest BCUT2D eigenvalue weighted by Gasteiger charge is 2.21. The molecule has 45 heavy (non-hydrogen) atoms. The summed E-state index contributed by atoms with van der Waals surface area (Å²) in [5.41, 5.74) is 9.66. The van der Waals surface area contributed by atoms with Crippen LogP contribution in [0.2, 0.25) is 0 Å². The standard InChI is InChI=1S/C33H39N7O5/c1-6-21(2)33(43)45-22(3)37-31(34)23-10-13-25(14-11-23)36-20-29-38-26-19-24(12-15-27(26)39(29)4)32(42)40(18-16-30(41)44-5)28-9-7-8-17-35-28/h7-15,17,19,21-22,36H,6,16,18,20H2,1-5H3,(H2,34,37). The molecule has 12 heteroatoms. The number of rotatable bonds is 13. The van der Waals surface area contributed by atoms with E-state index in [9.17, 15) is 14.4 Å². The summed E-state index contributed by atoms with van der Waals surface area (Å²) >= 11 is 0. The number of benzene rings is 2. The fourth-order valence-electron chi connectivity index (χ4n) is 4.52. The van der Waals surface area contributed by atoms with Crippen molar-refractivity contribution in [1.29, 1.82) is 0 Å². The topological polar surface area (TPSA) is 154 Å². The molecule has 2 aromatic carbocycles. The lowest BCUT2D eigenvalue weighted by atomic mass is 10.1. The first kappa shape index (κ1) is 32.6. The summed E-state index contributed by atoms with van der Waals surface area (Å²) < 4.78 is 12.1. The Morgan fingerprint density at radius 3 is 2.47 bits per heavy atom. The fraction of sp³-hybridized carbons (Fsp3) is 0.333. The summed E-state index contributed by atoms with van der Waals surface area (Å²) in [5.74, 6) is 0.283. The second-order valence-corrected chi connectivity index (χ2v) is 10.6. The molecule has 2 atom stereocenters. The van der Waals surface area contributed by atoms with E-state index in [-0.39, 0.29) is 36.6 Å². The smallest absolute Gasteiger partial charge is 0.310 e. The van der Waals surface area contributed by atoms with Crippen LogP contribution in [0.3, 0.4) is 0 Å². The number of ether oxygens (including phenoxy) is 2. The molecule has 0 aliphatic heterocycles. The van der Waals surface area contributed by atoms with Crippen LogP contribution in [0.15, 0.2) is 71.9 Å². The summed E-state index contributed by atoms with van der Waals surface area (Å²) in [6.45, 7) is 5.97. The lowest BCUT2D eigenvalue weighted by Gasteiger charge is -2.21. The SMILES string of the molecule is CCC(C)C(=O)OC(C)/N=C(\N)c1ccc(NCc2nc3cc(C(=O)N(CCC(=O)OC)c4ccccn4)ccc3n2C)cc1. The summed E-state index contributed by atoms with van der Waals surface area (Å²) in [7, 11) is 3.23. The van der Waals surface area contributed by atoms with E-state index in [2.05, 4.69) is 15.3 Å². The maximum absolute atomic E-state index is 13.6. The van der Waals surface area contributed by atoms with Crippen LogP contribution >= 0.6 is 0 Å². The van der Waals surface area contributed by atoms with Crippen LogP contribution < -0.4 is 16.0 Å². The Balaban J connectivity index is 1.44. The van der Waals surface area contributed by atoms with Crippen LogP contribution in [0.25, 0.3) is 11.0 Å². The number of imidazole rings is 1. The van der Waals surface area contributed by atoms with Crippen LogP contribution in [0, 0.1) is 5.92 Å². The minimum Gasteiger partial charge on any atom is -0.469 e. The quantitative estimate of drug-likeness (QED) is 0.127. The molecule has 0 saturated carbocycles. The number of pyridine rings is 1. The zero-order valence-electron chi connectivity index (χ0n) is 26.2. The number of methoxy groups -OCH3 is 1. The molecule has 2 aromatic heterocycles. The molecule has 0 aliphatic rings. The van der Waals surface area contributed by atoms with Gasteiger partial charge in [0.1, 0.15) is 17.5 Å². The van der Waals surface area contributed by atoms with Crippen molar-refractivity contribution in [3.63, 3.8) is 0 Å². The Kier molecular flexibility index (Phi) is 10.9. The van der Waals surface area contributed by atoms with Crippen LogP contribution in [0.1, 0.15) is 55.4 Å². The molecular formula is C33H39N7O5. The van der Waals surface area contributed by atoms with Crippen molar-refractivity contribution in [2.45, 2.75) is 46.4 Å². The number of nitrogens with two attached hydrogens (primary N) is 1. The lowest BCUT2D eigenvalue weighted by molar-refractivity contribution is -0.152. The molecule has 4 aromatic rings. The van der Waals surface area contributed by atoms with E-state index >= 15 is 0 Å². The van der Waals surface area contributed by atoms with Gasteiger partial charge in [-0.3, -0.25) is 19.3 Å². The van der Waals surface area contributed by atoms with E-state index in [4.69, 9.17) is 20.2 Å². The summed E-state index contributed by atoms with van der Waals surface area (Å²) in [6.07, 6.45) is 1.64. The second kappa shape index (κ2) is 15.0. The minimum absolute atomic E-state index is 0.0355. The van der Waals surface area contributed by atoms with E-state index in [1.54, 1.807) is 43.5 Å². The number of fused-ring (bicyclic) bond motifs is 1. The van der Waals surface area contributed by atoms with Gasteiger partial charge in [-0.25, -0.2) is 15.0 Å². The number of hydrogen-bond acceptors (Lipinski definition) is 9. The van der Waals surface area contributed by atoms with Gasteiger partial charge in [-0.05, 0) is 67.9 Å². The molecule has 0 radical (unpaired) electrons. The van der Waals surface area contributed by atoms with Crippen molar-refractivity contribution >= 4 is 46.2 Å². The number of aliphatic imine (C=N–C) groups is 1. The number of aryl methyl sites for hydroxylation is 1. The number of nitrogens with one attached hydrogen (secondary N) is 1. The summed E-state index contributed by atoms with van der Waals surface area (Å²) in [6, 6.07) is 18.0. The minimum atomic E-state index is -0.685. The Morgan fingerprint density at radius 1 is 1.07 bits per heavy atom. The summed E-state index contributed by atoms with van der Waals surface area (Å²) in [5, 5.41) is 3.36. The van der Waals surface area contributed by atoms with Gasteiger partial charge in [0, 0.05) is 36.6 Å². The number of carbonyl (C=O) groups is 3. The third kappa shape index (κ3) is 8.22. The highest BCUT2D eigenvalue weighted by Crippen LogP contribution is 2.21. The monoisotopic (exact) mass is 613 g/mol. The Morgan fingerprint density at radius 2 is 1.80 bits per heavy atom. The van der Waals surface area contributed by atoms with Crippen molar-refractivity contribution < 1.29 is 23.9 Å². The zero-order chi connectivity index (χ0) is 32.5. The predicted molar refractivity (Wildman–Crippen MR) is 173 cm³/mol. The molecule has 0 aliphatic carbocycles. The molecule has 236 valence electrons. The normalized spacial score (nSPS) is 12.8. The number of carbonyl (C=O) groups excluding carboxylic acids is 3. The molecule has 0 bridgehead atoms. The number of hydrogen-bond donors (Lipinski definition) is 2. The molecule has 4 rings (SSSR count). The Bertz CT molecular complexity index is 1670. The van der Waals surface area contributed by atoms with Crippen molar-refractivity contribution in [3.05, 3.63) is 83.8 Å². The van der Waals surface area contributed by atoms with E-state index in [0.29, 0.717) is 35.4 Å². The number of aromatic nitrogens is 3. The van der Waals surface area contributed by atoms with E-state index in [0.717, 1.165) is 17.0 Å². The van der Waals surface area contributed by atoms with Crippen LogP contribution in [0.5, 0.6) is 0 Å². The van der Waals surface area contributed by atoms with Crippen LogP contribution in [-0.2, 0) is 32.7 Å². The highest BCUT2D eigenvalue weighted by atomic mass is 16.6. The fourth-order valence-corrected chi connectivity index (χ4v) is 4.52. The Hall–Kier alpha value is -5.26. The van der Waals surface area contributed by atoms with E-state index < -0.39 is 12.2 Å². The maximum Gasteiger partial charge on any atom is 0.310 e. The lowest BCUT2D eigenvalue weighted by Crippen LogP contribution is -2.33. The number of esters is 2. The molecular weight excluding hydrogens is 574 g/mol. The van der Waals surface area contributed by atoms with Gasteiger partial charge in [0.15, 0.2) is 6.23 Å². The molecule has 0 spiro atoms. The number of amides is 1. The van der Waals surface area contributed by atoms with Crippen molar-refractivity contribution in [1.82, 2.24) is 14.5 Å². The number of anilines is 2. The molecule has 3 N–H and O–H groups in total. The van der Waals surface area contributed by atoms with E-state index in [1.807, 2.05) is 55.8 Å². The first-order chi connectivity index (χ1) is 21.6. The summed E-state index contributed by atoms with van der Waals surface area (Å²) in [4.78, 5) is 52.2. The average Bonchev–Trinajstić information content (AvgIpc) is 3.37. The zero-order valence-corrected chi connectivity index (χ0v) is 26.2. The molecule has 0 fully saturated rings.